The van der Waals surface area contributed by atoms with Crippen LogP contribution in [0.15, 0.2) is 0 Å². The van der Waals surface area contributed by atoms with Crippen molar-refractivity contribution in [2.75, 3.05) is 0 Å². The zero-order chi connectivity index (χ0) is 5.78. The molecule has 2 saturated carbocycles. The maximum absolute atomic E-state index is 5.81. The van der Waals surface area contributed by atoms with Crippen molar-refractivity contribution in [1.29, 1.82) is 0 Å². The third-order valence-electron chi connectivity index (χ3n) is 3.28. The zero-order valence-electron chi connectivity index (χ0n) is 5.35. The highest BCUT2D eigenvalue weighted by Crippen LogP contribution is 2.63. The van der Waals surface area contributed by atoms with Gasteiger partial charge in [0.05, 0.1) is 0 Å². The molecule has 2 atom stereocenters. The Kier molecular flexibility index (Phi) is 0.663. The first-order valence-electron chi connectivity index (χ1n) is 3.53. The van der Waals surface area contributed by atoms with E-state index in [1.807, 2.05) is 0 Å². The first-order valence-corrected chi connectivity index (χ1v) is 3.53. The minimum Gasteiger partial charge on any atom is -0.327 e. The van der Waals surface area contributed by atoms with Crippen LogP contribution in [-0.2, 0) is 0 Å². The number of nitrogens with two attached hydrogens (primary N) is 1. The molecule has 0 aromatic rings. The molecule has 1 nitrogen and oxygen atoms in total. The van der Waals surface area contributed by atoms with Gasteiger partial charge < -0.3 is 5.73 Å². The van der Waals surface area contributed by atoms with Crippen LogP contribution in [0.2, 0.25) is 0 Å². The summed E-state index contributed by atoms with van der Waals surface area (Å²) >= 11 is 0. The lowest BCUT2D eigenvalue weighted by molar-refractivity contribution is 0.257. The second-order valence-corrected chi connectivity index (χ2v) is 3.40. The fourth-order valence-corrected chi connectivity index (χ4v) is 2.11. The van der Waals surface area contributed by atoms with Gasteiger partial charge in [0.25, 0.3) is 0 Å². The van der Waals surface area contributed by atoms with Crippen molar-refractivity contribution in [3.63, 3.8) is 0 Å². The number of hydrogen-bond donors (Lipinski definition) is 1. The zero-order valence-corrected chi connectivity index (χ0v) is 5.35. The third kappa shape index (κ3) is 0.304. The van der Waals surface area contributed by atoms with Gasteiger partial charge in [0.15, 0.2) is 0 Å². The van der Waals surface area contributed by atoms with Crippen molar-refractivity contribution in [3.05, 3.63) is 0 Å². The fourth-order valence-electron chi connectivity index (χ4n) is 2.11. The maximum Gasteiger partial charge on any atom is 0.0130 e. The summed E-state index contributed by atoms with van der Waals surface area (Å²) in [6.45, 7) is 2.28. The molecule has 0 aromatic carbocycles. The molecular formula is C7H13N. The van der Waals surface area contributed by atoms with Crippen LogP contribution in [-0.4, -0.2) is 6.04 Å². The summed E-state index contributed by atoms with van der Waals surface area (Å²) in [6, 6.07) is 0.566. The molecule has 0 amide bonds. The Labute approximate surface area is 50.3 Å². The first kappa shape index (κ1) is 4.80. The van der Waals surface area contributed by atoms with Gasteiger partial charge in [-0.05, 0) is 24.2 Å². The Morgan fingerprint density at radius 1 is 1.50 bits per heavy atom. The van der Waals surface area contributed by atoms with Gasteiger partial charge in [0, 0.05) is 6.04 Å². The van der Waals surface area contributed by atoms with Gasteiger partial charge in [-0.25, -0.2) is 0 Å². The Balaban J connectivity index is 2.09. The fraction of sp³-hybridized carbons (Fsp3) is 1.00. The van der Waals surface area contributed by atoms with E-state index in [1.54, 1.807) is 0 Å². The normalized spacial score (nSPS) is 48.8. The molecular weight excluding hydrogens is 98.1 g/mol. The van der Waals surface area contributed by atoms with Gasteiger partial charge in [0.1, 0.15) is 0 Å². The molecule has 2 fully saturated rings. The van der Waals surface area contributed by atoms with Gasteiger partial charge in [-0.15, -0.1) is 0 Å². The van der Waals surface area contributed by atoms with Crippen LogP contribution in [0.25, 0.3) is 0 Å². The predicted octanol–water partition coefficient (Wildman–Crippen LogP) is 1.13. The van der Waals surface area contributed by atoms with Crippen molar-refractivity contribution >= 4 is 0 Å². The minimum atomic E-state index is 0.566. The average molecular weight is 111 g/mol. The molecule has 46 valence electrons. The Morgan fingerprint density at radius 3 is 2.00 bits per heavy atom. The van der Waals surface area contributed by atoms with Gasteiger partial charge in [-0.3, -0.25) is 0 Å². The summed E-state index contributed by atoms with van der Waals surface area (Å²) in [5.41, 5.74) is 6.47. The summed E-state index contributed by atoms with van der Waals surface area (Å²) in [4.78, 5) is 0. The smallest absolute Gasteiger partial charge is 0.0130 e. The predicted molar refractivity (Wildman–Crippen MR) is 33.4 cm³/mol. The molecule has 2 rings (SSSR count). The largest absolute Gasteiger partial charge is 0.327 e. The van der Waals surface area contributed by atoms with Crippen molar-refractivity contribution in [2.24, 2.45) is 17.1 Å². The lowest BCUT2D eigenvalue weighted by atomic mass is 9.79. The Bertz CT molecular complexity index is 106. The van der Waals surface area contributed by atoms with Gasteiger partial charge >= 0.3 is 0 Å². The summed E-state index contributed by atoms with van der Waals surface area (Å²) < 4.78 is 0. The molecule has 2 N–H and O–H groups in total. The van der Waals surface area contributed by atoms with Crippen LogP contribution in [0.1, 0.15) is 26.2 Å². The van der Waals surface area contributed by atoms with E-state index in [0.717, 1.165) is 5.92 Å². The highest BCUT2D eigenvalue weighted by Gasteiger charge is 2.62. The average Bonchev–Trinajstić information content (AvgIpc) is 2.10. The SMILES string of the molecule is CC1C(N)C12CCC2. The van der Waals surface area contributed by atoms with E-state index in [2.05, 4.69) is 6.92 Å². The third-order valence-corrected chi connectivity index (χ3v) is 3.28. The Morgan fingerprint density at radius 2 is 2.00 bits per heavy atom. The molecule has 0 heterocycles. The van der Waals surface area contributed by atoms with E-state index < -0.39 is 0 Å². The molecule has 0 aromatic heterocycles. The van der Waals surface area contributed by atoms with E-state index >= 15 is 0 Å². The molecule has 1 heteroatoms. The van der Waals surface area contributed by atoms with Crippen LogP contribution in [0, 0.1) is 11.3 Å². The van der Waals surface area contributed by atoms with Crippen molar-refractivity contribution in [3.8, 4) is 0 Å². The van der Waals surface area contributed by atoms with Gasteiger partial charge in [0.2, 0.25) is 0 Å². The highest BCUT2D eigenvalue weighted by atomic mass is 14.9. The summed E-state index contributed by atoms with van der Waals surface area (Å²) in [6.07, 6.45) is 4.25. The van der Waals surface area contributed by atoms with Crippen LogP contribution in [0.4, 0.5) is 0 Å². The van der Waals surface area contributed by atoms with E-state index in [9.17, 15) is 0 Å². The second kappa shape index (κ2) is 1.10. The van der Waals surface area contributed by atoms with E-state index in [1.165, 1.54) is 19.3 Å². The molecule has 0 aliphatic heterocycles. The van der Waals surface area contributed by atoms with Crippen LogP contribution >= 0.6 is 0 Å². The van der Waals surface area contributed by atoms with Crippen LogP contribution in [0.5, 0.6) is 0 Å². The number of hydrogen-bond acceptors (Lipinski definition) is 1. The molecule has 2 aliphatic rings. The molecule has 0 radical (unpaired) electrons. The van der Waals surface area contributed by atoms with Crippen molar-refractivity contribution < 1.29 is 0 Å². The van der Waals surface area contributed by atoms with Crippen LogP contribution < -0.4 is 5.73 Å². The topological polar surface area (TPSA) is 26.0 Å². The summed E-state index contributed by atoms with van der Waals surface area (Å²) in [5.74, 6) is 0.844. The second-order valence-electron chi connectivity index (χ2n) is 3.40. The standard InChI is InChI=1S/C7H13N/c1-5-6(8)7(5)3-2-4-7/h5-6H,2-4,8H2,1H3. The van der Waals surface area contributed by atoms with Gasteiger partial charge in [-0.2, -0.15) is 0 Å². The molecule has 0 bridgehead atoms. The molecule has 1 spiro atoms. The number of rotatable bonds is 0. The lowest BCUT2D eigenvalue weighted by Gasteiger charge is -2.26. The first-order chi connectivity index (χ1) is 3.77. The Hall–Kier alpha value is -0.0400. The summed E-state index contributed by atoms with van der Waals surface area (Å²) in [7, 11) is 0. The van der Waals surface area contributed by atoms with E-state index in [-0.39, 0.29) is 0 Å². The molecule has 2 aliphatic carbocycles. The molecule has 2 unspecified atom stereocenters. The van der Waals surface area contributed by atoms with Crippen LogP contribution in [0.3, 0.4) is 0 Å². The molecule has 8 heavy (non-hydrogen) atoms. The van der Waals surface area contributed by atoms with Gasteiger partial charge in [-0.1, -0.05) is 13.3 Å². The monoisotopic (exact) mass is 111 g/mol. The van der Waals surface area contributed by atoms with E-state index in [4.69, 9.17) is 5.73 Å². The minimum absolute atomic E-state index is 0.566. The quantitative estimate of drug-likeness (QED) is 0.498. The lowest BCUT2D eigenvalue weighted by Crippen LogP contribution is -2.21. The maximum atomic E-state index is 5.81. The highest BCUT2D eigenvalue weighted by molar-refractivity contribution is 5.16. The van der Waals surface area contributed by atoms with Crippen molar-refractivity contribution in [2.45, 2.75) is 32.2 Å². The van der Waals surface area contributed by atoms with Crippen molar-refractivity contribution in [1.82, 2.24) is 0 Å². The molecule has 0 saturated heterocycles. The van der Waals surface area contributed by atoms with E-state index in [0.29, 0.717) is 11.5 Å². The summed E-state index contributed by atoms with van der Waals surface area (Å²) in [5, 5.41) is 0.